The van der Waals surface area contributed by atoms with E-state index in [1.807, 2.05) is 0 Å². The van der Waals surface area contributed by atoms with Crippen molar-refractivity contribution in [2.24, 2.45) is 0 Å². The molecule has 2 aromatic rings. The molecule has 1 aliphatic rings. The molecule has 0 radical (unpaired) electrons. The standard InChI is InChI=1S/C19H19FN2O4/c1-25-16-8-3-12(9-17(16)26-2)19(24)21-14-10-18(23)22(11-14)15-6-4-13(20)5-7-15/h3-9,14H,10-11H2,1-2H3,(H,21,24). The van der Waals surface area contributed by atoms with Crippen LogP contribution in [-0.4, -0.2) is 38.6 Å². The van der Waals surface area contributed by atoms with Gasteiger partial charge in [0.2, 0.25) is 5.91 Å². The van der Waals surface area contributed by atoms with Gasteiger partial charge in [-0.2, -0.15) is 0 Å². The Labute approximate surface area is 150 Å². The highest BCUT2D eigenvalue weighted by atomic mass is 19.1. The summed E-state index contributed by atoms with van der Waals surface area (Å²) in [5.74, 6) is 0.204. The molecule has 1 aliphatic heterocycles. The lowest BCUT2D eigenvalue weighted by Gasteiger charge is -2.17. The topological polar surface area (TPSA) is 67.9 Å². The van der Waals surface area contributed by atoms with E-state index in [1.165, 1.54) is 26.4 Å². The predicted octanol–water partition coefficient (Wildman–Crippen LogP) is 2.38. The maximum absolute atomic E-state index is 13.0. The number of amides is 2. The van der Waals surface area contributed by atoms with E-state index in [0.29, 0.717) is 29.3 Å². The summed E-state index contributed by atoms with van der Waals surface area (Å²) in [6.07, 6.45) is 0.191. The number of benzene rings is 2. The van der Waals surface area contributed by atoms with E-state index in [0.717, 1.165) is 0 Å². The first-order chi connectivity index (χ1) is 12.5. The molecule has 1 heterocycles. The summed E-state index contributed by atoms with van der Waals surface area (Å²) in [6.45, 7) is 0.337. The molecule has 1 saturated heterocycles. The molecule has 1 N–H and O–H groups in total. The van der Waals surface area contributed by atoms with Crippen molar-refractivity contribution in [1.29, 1.82) is 0 Å². The molecule has 1 fully saturated rings. The average molecular weight is 358 g/mol. The maximum Gasteiger partial charge on any atom is 0.251 e. The largest absolute Gasteiger partial charge is 0.493 e. The van der Waals surface area contributed by atoms with Crippen molar-refractivity contribution in [2.45, 2.75) is 12.5 Å². The van der Waals surface area contributed by atoms with Crippen LogP contribution >= 0.6 is 0 Å². The van der Waals surface area contributed by atoms with Crippen LogP contribution in [0.5, 0.6) is 11.5 Å². The monoisotopic (exact) mass is 358 g/mol. The molecule has 0 saturated carbocycles. The van der Waals surface area contributed by atoms with Gasteiger partial charge in [0.15, 0.2) is 11.5 Å². The van der Waals surface area contributed by atoms with Crippen LogP contribution in [0.15, 0.2) is 42.5 Å². The zero-order valence-electron chi connectivity index (χ0n) is 14.5. The molecule has 1 atom stereocenters. The van der Waals surface area contributed by atoms with E-state index in [-0.39, 0.29) is 30.1 Å². The fraction of sp³-hybridized carbons (Fsp3) is 0.263. The lowest BCUT2D eigenvalue weighted by Crippen LogP contribution is -2.37. The van der Waals surface area contributed by atoms with E-state index in [4.69, 9.17) is 9.47 Å². The van der Waals surface area contributed by atoms with Crippen LogP contribution in [0.3, 0.4) is 0 Å². The SMILES string of the molecule is COc1ccc(C(=O)NC2CC(=O)N(c3ccc(F)cc3)C2)cc1OC. The molecule has 136 valence electrons. The van der Waals surface area contributed by atoms with Gasteiger partial charge in [-0.25, -0.2) is 4.39 Å². The van der Waals surface area contributed by atoms with Crippen LogP contribution in [0.25, 0.3) is 0 Å². The number of halogens is 1. The second kappa shape index (κ2) is 7.43. The van der Waals surface area contributed by atoms with Crippen LogP contribution in [0, 0.1) is 5.82 Å². The molecule has 6 nitrogen and oxygen atoms in total. The highest BCUT2D eigenvalue weighted by Gasteiger charge is 2.31. The van der Waals surface area contributed by atoms with Crippen molar-refractivity contribution in [2.75, 3.05) is 25.7 Å². The number of carbonyl (C=O) groups is 2. The van der Waals surface area contributed by atoms with E-state index in [2.05, 4.69) is 5.32 Å². The lowest BCUT2D eigenvalue weighted by atomic mass is 10.1. The van der Waals surface area contributed by atoms with Gasteiger partial charge in [0.25, 0.3) is 5.91 Å². The van der Waals surface area contributed by atoms with Gasteiger partial charge >= 0.3 is 0 Å². The van der Waals surface area contributed by atoms with Crippen molar-refractivity contribution in [1.82, 2.24) is 5.32 Å². The Bertz CT molecular complexity index is 823. The first-order valence-electron chi connectivity index (χ1n) is 8.10. The number of ether oxygens (including phenoxy) is 2. The molecule has 0 aliphatic carbocycles. The summed E-state index contributed by atoms with van der Waals surface area (Å²) in [7, 11) is 3.02. The first-order valence-corrected chi connectivity index (χ1v) is 8.10. The van der Waals surface area contributed by atoms with Crippen molar-refractivity contribution in [3.63, 3.8) is 0 Å². The van der Waals surface area contributed by atoms with Crippen LogP contribution in [0.4, 0.5) is 10.1 Å². The number of nitrogens with zero attached hydrogens (tertiary/aromatic N) is 1. The smallest absolute Gasteiger partial charge is 0.251 e. The molecular weight excluding hydrogens is 339 g/mol. The second-order valence-electron chi connectivity index (χ2n) is 5.93. The molecule has 2 aromatic carbocycles. The molecule has 3 rings (SSSR count). The van der Waals surface area contributed by atoms with Crippen molar-refractivity contribution in [3.05, 3.63) is 53.8 Å². The highest BCUT2D eigenvalue weighted by Crippen LogP contribution is 2.28. The van der Waals surface area contributed by atoms with Crippen LogP contribution in [0.2, 0.25) is 0 Å². The molecule has 0 spiro atoms. The summed E-state index contributed by atoms with van der Waals surface area (Å²) in [5, 5.41) is 2.85. The molecule has 2 amide bonds. The van der Waals surface area contributed by atoms with E-state index >= 15 is 0 Å². The third-order valence-electron chi connectivity index (χ3n) is 4.24. The van der Waals surface area contributed by atoms with E-state index in [1.54, 1.807) is 35.2 Å². The fourth-order valence-corrected chi connectivity index (χ4v) is 2.92. The number of hydrogen-bond donors (Lipinski definition) is 1. The maximum atomic E-state index is 13.0. The van der Waals surface area contributed by atoms with Crippen molar-refractivity contribution < 1.29 is 23.5 Å². The molecule has 0 bridgehead atoms. The summed E-state index contributed by atoms with van der Waals surface area (Å²) in [6, 6.07) is 10.2. The Morgan fingerprint density at radius 3 is 2.46 bits per heavy atom. The molecule has 26 heavy (non-hydrogen) atoms. The number of nitrogens with one attached hydrogen (secondary N) is 1. The normalized spacial score (nSPS) is 16.5. The summed E-state index contributed by atoms with van der Waals surface area (Å²) in [4.78, 5) is 26.2. The van der Waals surface area contributed by atoms with Crippen LogP contribution in [-0.2, 0) is 4.79 Å². The highest BCUT2D eigenvalue weighted by molar-refractivity contribution is 5.99. The Morgan fingerprint density at radius 2 is 1.81 bits per heavy atom. The molecular formula is C19H19FN2O4. The third-order valence-corrected chi connectivity index (χ3v) is 4.24. The molecule has 7 heteroatoms. The van der Waals surface area contributed by atoms with Gasteiger partial charge in [0.05, 0.1) is 20.3 Å². The van der Waals surface area contributed by atoms with Gasteiger partial charge in [-0.15, -0.1) is 0 Å². The van der Waals surface area contributed by atoms with Crippen LogP contribution in [0.1, 0.15) is 16.8 Å². The number of anilines is 1. The average Bonchev–Trinajstić information content (AvgIpc) is 3.01. The van der Waals surface area contributed by atoms with Gasteiger partial charge in [-0.1, -0.05) is 0 Å². The zero-order valence-corrected chi connectivity index (χ0v) is 14.5. The summed E-state index contributed by atoms with van der Waals surface area (Å²) < 4.78 is 23.4. The van der Waals surface area contributed by atoms with E-state index in [9.17, 15) is 14.0 Å². The minimum absolute atomic E-state index is 0.116. The number of methoxy groups -OCH3 is 2. The van der Waals surface area contributed by atoms with Gasteiger partial charge in [0.1, 0.15) is 5.82 Å². The third kappa shape index (κ3) is 3.61. The van der Waals surface area contributed by atoms with Crippen molar-refractivity contribution >= 4 is 17.5 Å². The molecule has 1 unspecified atom stereocenters. The number of hydrogen-bond acceptors (Lipinski definition) is 4. The fourth-order valence-electron chi connectivity index (χ4n) is 2.92. The first kappa shape index (κ1) is 17.7. The summed E-state index contributed by atoms with van der Waals surface area (Å²) >= 11 is 0. The van der Waals surface area contributed by atoms with Gasteiger partial charge in [0, 0.05) is 24.2 Å². The Balaban J connectivity index is 1.69. The minimum Gasteiger partial charge on any atom is -0.493 e. The van der Waals surface area contributed by atoms with Gasteiger partial charge < -0.3 is 19.7 Å². The summed E-state index contributed by atoms with van der Waals surface area (Å²) in [5.41, 5.74) is 1.02. The Hall–Kier alpha value is -3.09. The number of carbonyl (C=O) groups excluding carboxylic acids is 2. The quantitative estimate of drug-likeness (QED) is 0.891. The minimum atomic E-state index is -0.362. The van der Waals surface area contributed by atoms with Gasteiger partial charge in [-0.05, 0) is 42.5 Å². The predicted molar refractivity (Wildman–Crippen MR) is 94.2 cm³/mol. The molecule has 0 aromatic heterocycles. The van der Waals surface area contributed by atoms with E-state index < -0.39 is 0 Å². The zero-order chi connectivity index (χ0) is 18.7. The van der Waals surface area contributed by atoms with Gasteiger partial charge in [-0.3, -0.25) is 9.59 Å². The Kier molecular flexibility index (Phi) is 5.06. The van der Waals surface area contributed by atoms with Crippen LogP contribution < -0.4 is 19.7 Å². The Morgan fingerprint density at radius 1 is 1.12 bits per heavy atom. The lowest BCUT2D eigenvalue weighted by molar-refractivity contribution is -0.117. The second-order valence-corrected chi connectivity index (χ2v) is 5.93. The number of rotatable bonds is 5. The van der Waals surface area contributed by atoms with Crippen molar-refractivity contribution in [3.8, 4) is 11.5 Å².